The lowest BCUT2D eigenvalue weighted by atomic mass is 10.1. The largest absolute Gasteiger partial charge is 0.480 e. The second kappa shape index (κ2) is 10.8. The van der Waals surface area contributed by atoms with E-state index in [0.717, 1.165) is 17.9 Å². The highest BCUT2D eigenvalue weighted by Gasteiger charge is 2.04. The summed E-state index contributed by atoms with van der Waals surface area (Å²) in [7, 11) is 0. The molecule has 0 saturated heterocycles. The fourth-order valence-electron chi connectivity index (χ4n) is 1.49. The lowest BCUT2D eigenvalue weighted by Gasteiger charge is -2.12. The Morgan fingerprint density at radius 2 is 2.10 bits per heavy atom. The standard InChI is InChI=1S/C13H26N4O4/c1-10(2)4-3-6-16-13(20)21-7-5-11(14)8-17(15)9-12(18)19/h8,10H,3-7,9,14-15H2,1-2H3,(H,16,20)(H,18,19)/b11-8-. The predicted octanol–water partition coefficient (Wildman–Crippen LogP) is 0.599. The molecular weight excluding hydrogens is 276 g/mol. The zero-order chi connectivity index (χ0) is 16.3. The van der Waals surface area contributed by atoms with Crippen LogP contribution in [0, 0.1) is 5.92 Å². The SMILES string of the molecule is CC(C)CCCNC(=O)OCC/C(N)=C/N(N)CC(=O)O. The highest BCUT2D eigenvalue weighted by Crippen LogP contribution is 2.01. The molecule has 0 unspecified atom stereocenters. The van der Waals surface area contributed by atoms with Crippen LogP contribution in [0.4, 0.5) is 4.79 Å². The number of carbonyl (C=O) groups excluding carboxylic acids is 1. The van der Waals surface area contributed by atoms with Gasteiger partial charge in [0.15, 0.2) is 0 Å². The van der Waals surface area contributed by atoms with Crippen molar-refractivity contribution >= 4 is 12.1 Å². The Hall–Kier alpha value is -1.96. The molecule has 0 radical (unpaired) electrons. The van der Waals surface area contributed by atoms with Crippen molar-refractivity contribution in [2.24, 2.45) is 17.5 Å². The third-order valence-electron chi connectivity index (χ3n) is 2.50. The van der Waals surface area contributed by atoms with Crippen molar-refractivity contribution in [3.63, 3.8) is 0 Å². The monoisotopic (exact) mass is 302 g/mol. The first-order valence-electron chi connectivity index (χ1n) is 6.91. The minimum Gasteiger partial charge on any atom is -0.480 e. The molecule has 0 aliphatic carbocycles. The van der Waals surface area contributed by atoms with Gasteiger partial charge in [0, 0.05) is 24.9 Å². The average molecular weight is 302 g/mol. The Labute approximate surface area is 125 Å². The van der Waals surface area contributed by atoms with E-state index >= 15 is 0 Å². The number of hydrogen-bond acceptors (Lipinski definition) is 6. The van der Waals surface area contributed by atoms with Crippen molar-refractivity contribution in [1.82, 2.24) is 10.3 Å². The first kappa shape index (κ1) is 19.0. The molecule has 8 nitrogen and oxygen atoms in total. The molecule has 21 heavy (non-hydrogen) atoms. The number of nitrogens with two attached hydrogens (primary N) is 2. The minimum absolute atomic E-state index is 0.110. The fourth-order valence-corrected chi connectivity index (χ4v) is 1.49. The van der Waals surface area contributed by atoms with E-state index in [1.165, 1.54) is 6.20 Å². The van der Waals surface area contributed by atoms with E-state index in [9.17, 15) is 9.59 Å². The zero-order valence-corrected chi connectivity index (χ0v) is 12.7. The van der Waals surface area contributed by atoms with E-state index in [0.29, 0.717) is 18.2 Å². The lowest BCUT2D eigenvalue weighted by molar-refractivity contribution is -0.137. The highest BCUT2D eigenvalue weighted by atomic mass is 16.5. The number of nitrogens with zero attached hydrogens (tertiary/aromatic N) is 1. The number of carbonyl (C=O) groups is 2. The first-order valence-corrected chi connectivity index (χ1v) is 6.91. The van der Waals surface area contributed by atoms with Gasteiger partial charge in [0.25, 0.3) is 0 Å². The van der Waals surface area contributed by atoms with Gasteiger partial charge in [0.1, 0.15) is 6.54 Å². The van der Waals surface area contributed by atoms with Crippen LogP contribution in [0.3, 0.4) is 0 Å². The number of hydrazine groups is 1. The number of ether oxygens (including phenoxy) is 1. The van der Waals surface area contributed by atoms with Crippen LogP contribution < -0.4 is 16.9 Å². The first-order chi connectivity index (χ1) is 9.81. The normalized spacial score (nSPS) is 11.3. The number of carboxylic acid groups (broad SMARTS) is 1. The summed E-state index contributed by atoms with van der Waals surface area (Å²) in [6.07, 6.45) is 3.06. The van der Waals surface area contributed by atoms with Gasteiger partial charge in [-0.1, -0.05) is 13.8 Å². The molecule has 0 bridgehead atoms. The molecule has 0 aromatic heterocycles. The van der Waals surface area contributed by atoms with E-state index in [2.05, 4.69) is 19.2 Å². The van der Waals surface area contributed by atoms with Crippen LogP contribution in [0.2, 0.25) is 0 Å². The molecule has 0 rings (SSSR count). The van der Waals surface area contributed by atoms with Gasteiger partial charge in [-0.2, -0.15) is 0 Å². The minimum atomic E-state index is -1.06. The van der Waals surface area contributed by atoms with Gasteiger partial charge >= 0.3 is 12.1 Å². The number of hydrogen-bond donors (Lipinski definition) is 4. The van der Waals surface area contributed by atoms with Crippen LogP contribution in [0.5, 0.6) is 0 Å². The maximum atomic E-state index is 11.3. The maximum absolute atomic E-state index is 11.3. The summed E-state index contributed by atoms with van der Waals surface area (Å²) in [6.45, 7) is 4.59. The summed E-state index contributed by atoms with van der Waals surface area (Å²) < 4.78 is 4.94. The van der Waals surface area contributed by atoms with E-state index in [1.807, 2.05) is 0 Å². The van der Waals surface area contributed by atoms with Crippen molar-refractivity contribution in [1.29, 1.82) is 0 Å². The molecular formula is C13H26N4O4. The summed E-state index contributed by atoms with van der Waals surface area (Å²) in [5, 5.41) is 12.1. The van der Waals surface area contributed by atoms with Crippen LogP contribution in [-0.2, 0) is 9.53 Å². The van der Waals surface area contributed by atoms with E-state index in [4.69, 9.17) is 21.4 Å². The van der Waals surface area contributed by atoms with Gasteiger partial charge < -0.3 is 25.9 Å². The van der Waals surface area contributed by atoms with Crippen molar-refractivity contribution in [3.05, 3.63) is 11.9 Å². The number of amides is 1. The van der Waals surface area contributed by atoms with Crippen molar-refractivity contribution in [2.45, 2.75) is 33.1 Å². The zero-order valence-electron chi connectivity index (χ0n) is 12.7. The molecule has 0 aromatic carbocycles. The Morgan fingerprint density at radius 1 is 1.43 bits per heavy atom. The number of nitrogens with one attached hydrogen (secondary N) is 1. The molecule has 0 aromatic rings. The Balaban J connectivity index is 3.74. The van der Waals surface area contributed by atoms with Crippen LogP contribution in [0.25, 0.3) is 0 Å². The van der Waals surface area contributed by atoms with Crippen LogP contribution >= 0.6 is 0 Å². The van der Waals surface area contributed by atoms with Crippen LogP contribution in [-0.4, -0.2) is 41.9 Å². The van der Waals surface area contributed by atoms with E-state index in [1.54, 1.807) is 0 Å². The Bertz CT molecular complexity index is 358. The molecule has 6 N–H and O–H groups in total. The molecule has 0 saturated carbocycles. The van der Waals surface area contributed by atoms with Gasteiger partial charge in [0.05, 0.1) is 6.61 Å². The molecule has 122 valence electrons. The van der Waals surface area contributed by atoms with Gasteiger partial charge in [-0.25, -0.2) is 10.6 Å². The molecule has 0 heterocycles. The fraction of sp³-hybridized carbons (Fsp3) is 0.692. The number of carboxylic acids is 1. The van der Waals surface area contributed by atoms with Crippen molar-refractivity contribution in [2.75, 3.05) is 19.7 Å². The van der Waals surface area contributed by atoms with Gasteiger partial charge in [-0.15, -0.1) is 0 Å². The third-order valence-corrected chi connectivity index (χ3v) is 2.50. The molecule has 0 aliphatic heterocycles. The van der Waals surface area contributed by atoms with Gasteiger partial charge in [-0.3, -0.25) is 4.79 Å². The van der Waals surface area contributed by atoms with Gasteiger partial charge in [-0.05, 0) is 18.8 Å². The van der Waals surface area contributed by atoms with Crippen molar-refractivity contribution in [3.8, 4) is 0 Å². The number of aliphatic carboxylic acids is 1. The smallest absolute Gasteiger partial charge is 0.407 e. The Morgan fingerprint density at radius 3 is 2.67 bits per heavy atom. The summed E-state index contributed by atoms with van der Waals surface area (Å²) in [6, 6.07) is 0. The molecule has 1 amide bonds. The summed E-state index contributed by atoms with van der Waals surface area (Å²) in [5.41, 5.74) is 5.97. The molecule has 0 atom stereocenters. The number of alkyl carbamates (subject to hydrolysis) is 1. The van der Waals surface area contributed by atoms with Crippen molar-refractivity contribution < 1.29 is 19.4 Å². The topological polar surface area (TPSA) is 131 Å². The molecule has 0 aliphatic rings. The second-order valence-corrected chi connectivity index (χ2v) is 5.12. The molecule has 0 spiro atoms. The van der Waals surface area contributed by atoms with Crippen LogP contribution in [0.15, 0.2) is 11.9 Å². The third kappa shape index (κ3) is 12.8. The lowest BCUT2D eigenvalue weighted by Crippen LogP contribution is -2.32. The predicted molar refractivity (Wildman–Crippen MR) is 78.8 cm³/mol. The Kier molecular flexibility index (Phi) is 9.78. The molecule has 8 heteroatoms. The van der Waals surface area contributed by atoms with E-state index in [-0.39, 0.29) is 19.6 Å². The molecule has 0 fully saturated rings. The van der Waals surface area contributed by atoms with E-state index < -0.39 is 12.1 Å². The quantitative estimate of drug-likeness (QED) is 0.264. The summed E-state index contributed by atoms with van der Waals surface area (Å²) >= 11 is 0. The maximum Gasteiger partial charge on any atom is 0.407 e. The average Bonchev–Trinajstić information content (AvgIpc) is 2.33. The summed E-state index contributed by atoms with van der Waals surface area (Å²) in [4.78, 5) is 21.7. The number of rotatable bonds is 10. The van der Waals surface area contributed by atoms with Crippen LogP contribution in [0.1, 0.15) is 33.1 Å². The summed E-state index contributed by atoms with van der Waals surface area (Å²) in [5.74, 6) is 4.94. The van der Waals surface area contributed by atoms with Gasteiger partial charge in [0.2, 0.25) is 0 Å². The highest BCUT2D eigenvalue weighted by molar-refractivity contribution is 5.69. The second-order valence-electron chi connectivity index (χ2n) is 5.12.